The molecule has 1 atom stereocenters. The molecule has 2 amide bonds. The van der Waals surface area contributed by atoms with Gasteiger partial charge in [-0.05, 0) is 29.8 Å². The van der Waals surface area contributed by atoms with Crippen LogP contribution < -0.4 is 15.6 Å². The first-order valence-electron chi connectivity index (χ1n) is 6.74. The quantitative estimate of drug-likeness (QED) is 0.834. The first-order chi connectivity index (χ1) is 10.6. The third kappa shape index (κ3) is 3.04. The van der Waals surface area contributed by atoms with Gasteiger partial charge in [0.05, 0.1) is 0 Å². The number of carbonyl (C=O) groups is 2. The van der Waals surface area contributed by atoms with Crippen LogP contribution in [0, 0.1) is 0 Å². The van der Waals surface area contributed by atoms with Gasteiger partial charge in [-0.3, -0.25) is 20.4 Å². The Labute approximate surface area is 132 Å². The lowest BCUT2D eigenvalue weighted by atomic mass is 10.1. The number of benzene rings is 2. The van der Waals surface area contributed by atoms with Crippen LogP contribution >= 0.6 is 11.6 Å². The van der Waals surface area contributed by atoms with E-state index in [0.29, 0.717) is 22.8 Å². The van der Waals surface area contributed by atoms with Gasteiger partial charge in [-0.15, -0.1) is 0 Å². The van der Waals surface area contributed by atoms with Crippen molar-refractivity contribution in [2.45, 2.75) is 12.5 Å². The molecule has 2 N–H and O–H groups in total. The minimum atomic E-state index is -0.642. The van der Waals surface area contributed by atoms with Gasteiger partial charge in [0.2, 0.25) is 0 Å². The van der Waals surface area contributed by atoms with Crippen molar-refractivity contribution >= 4 is 23.4 Å². The van der Waals surface area contributed by atoms with Crippen LogP contribution in [0.5, 0.6) is 5.75 Å². The fourth-order valence-electron chi connectivity index (χ4n) is 2.23. The predicted octanol–water partition coefficient (Wildman–Crippen LogP) is 2.10. The van der Waals surface area contributed by atoms with E-state index in [1.807, 2.05) is 24.3 Å². The van der Waals surface area contributed by atoms with E-state index in [0.717, 1.165) is 5.56 Å². The Morgan fingerprint density at radius 2 is 1.91 bits per heavy atom. The molecular weight excluding hydrogens is 304 g/mol. The van der Waals surface area contributed by atoms with E-state index in [9.17, 15) is 9.59 Å². The number of amides is 2. The van der Waals surface area contributed by atoms with Crippen LogP contribution in [0.2, 0.25) is 5.02 Å². The summed E-state index contributed by atoms with van der Waals surface area (Å²) in [6, 6.07) is 13.9. The molecule has 0 aromatic heterocycles. The van der Waals surface area contributed by atoms with E-state index >= 15 is 0 Å². The van der Waals surface area contributed by atoms with Crippen molar-refractivity contribution in [1.29, 1.82) is 0 Å². The Hall–Kier alpha value is -2.53. The minimum absolute atomic E-state index is 0.364. The van der Waals surface area contributed by atoms with Crippen LogP contribution in [-0.2, 0) is 11.2 Å². The maximum Gasteiger partial charge on any atom is 0.279 e. The number of halogens is 1. The summed E-state index contributed by atoms with van der Waals surface area (Å²) in [5, 5.41) is 0.452. The number of para-hydroxylation sites is 1. The van der Waals surface area contributed by atoms with E-state index in [1.54, 1.807) is 18.2 Å². The fourth-order valence-corrected chi connectivity index (χ4v) is 2.42. The molecule has 0 radical (unpaired) electrons. The molecule has 22 heavy (non-hydrogen) atoms. The minimum Gasteiger partial charge on any atom is -0.480 e. The third-order valence-electron chi connectivity index (χ3n) is 3.33. The molecule has 0 spiro atoms. The van der Waals surface area contributed by atoms with Crippen molar-refractivity contribution in [3.8, 4) is 5.75 Å². The molecule has 112 valence electrons. The number of hydrazine groups is 1. The van der Waals surface area contributed by atoms with Crippen molar-refractivity contribution < 1.29 is 14.3 Å². The number of hydrogen-bond donors (Lipinski definition) is 2. The molecule has 0 unspecified atom stereocenters. The van der Waals surface area contributed by atoms with Crippen molar-refractivity contribution in [2.24, 2.45) is 0 Å². The molecule has 5 nitrogen and oxygen atoms in total. The summed E-state index contributed by atoms with van der Waals surface area (Å²) in [5.74, 6) is -0.137. The molecule has 3 rings (SSSR count). The lowest BCUT2D eigenvalue weighted by Crippen LogP contribution is -2.47. The van der Waals surface area contributed by atoms with Gasteiger partial charge >= 0.3 is 0 Å². The molecule has 0 aliphatic carbocycles. The second kappa shape index (κ2) is 6.07. The maximum atomic E-state index is 12.0. The Morgan fingerprint density at radius 1 is 1.09 bits per heavy atom. The summed E-state index contributed by atoms with van der Waals surface area (Å²) >= 11 is 5.82. The second-order valence-electron chi connectivity index (χ2n) is 4.87. The summed E-state index contributed by atoms with van der Waals surface area (Å²) in [5.41, 5.74) is 6.06. The SMILES string of the molecule is O=C(NNC(=O)[C@@H]1Cc2ccccc2O1)c1cccc(Cl)c1. The highest BCUT2D eigenvalue weighted by Crippen LogP contribution is 2.27. The monoisotopic (exact) mass is 316 g/mol. The summed E-state index contributed by atoms with van der Waals surface area (Å²) in [4.78, 5) is 23.9. The first-order valence-corrected chi connectivity index (χ1v) is 7.11. The zero-order chi connectivity index (χ0) is 15.5. The van der Waals surface area contributed by atoms with Gasteiger partial charge in [0.1, 0.15) is 5.75 Å². The van der Waals surface area contributed by atoms with E-state index in [4.69, 9.17) is 16.3 Å². The Bertz CT molecular complexity index is 708. The van der Waals surface area contributed by atoms with Crippen molar-refractivity contribution in [1.82, 2.24) is 10.9 Å². The van der Waals surface area contributed by atoms with Crippen LogP contribution in [-0.4, -0.2) is 17.9 Å². The fraction of sp³-hybridized carbons (Fsp3) is 0.125. The number of hydrogen-bond acceptors (Lipinski definition) is 3. The highest BCUT2D eigenvalue weighted by Gasteiger charge is 2.28. The molecule has 0 saturated heterocycles. The van der Waals surface area contributed by atoms with Crippen LogP contribution in [0.25, 0.3) is 0 Å². The topological polar surface area (TPSA) is 67.4 Å². The predicted molar refractivity (Wildman–Crippen MR) is 81.6 cm³/mol. The summed E-state index contributed by atoms with van der Waals surface area (Å²) in [7, 11) is 0. The van der Waals surface area contributed by atoms with Gasteiger partial charge in [0, 0.05) is 17.0 Å². The Morgan fingerprint density at radius 3 is 2.68 bits per heavy atom. The highest BCUT2D eigenvalue weighted by molar-refractivity contribution is 6.30. The number of nitrogens with one attached hydrogen (secondary N) is 2. The van der Waals surface area contributed by atoms with Gasteiger partial charge in [-0.1, -0.05) is 35.9 Å². The van der Waals surface area contributed by atoms with Crippen molar-refractivity contribution in [3.05, 3.63) is 64.7 Å². The zero-order valence-electron chi connectivity index (χ0n) is 11.5. The van der Waals surface area contributed by atoms with E-state index < -0.39 is 17.9 Å². The maximum absolute atomic E-state index is 12.0. The average Bonchev–Trinajstić information content (AvgIpc) is 2.96. The smallest absolute Gasteiger partial charge is 0.279 e. The van der Waals surface area contributed by atoms with Gasteiger partial charge in [-0.2, -0.15) is 0 Å². The Balaban J connectivity index is 1.56. The zero-order valence-corrected chi connectivity index (χ0v) is 12.3. The van der Waals surface area contributed by atoms with Crippen molar-refractivity contribution in [3.63, 3.8) is 0 Å². The molecule has 0 bridgehead atoms. The summed E-state index contributed by atoms with van der Waals surface area (Å²) < 4.78 is 5.54. The summed E-state index contributed by atoms with van der Waals surface area (Å²) in [6.45, 7) is 0. The number of ether oxygens (including phenoxy) is 1. The number of carbonyl (C=O) groups excluding carboxylic acids is 2. The molecule has 1 aliphatic heterocycles. The standard InChI is InChI=1S/C16H13ClN2O3/c17-12-6-3-5-11(8-12)15(20)18-19-16(21)14-9-10-4-1-2-7-13(10)22-14/h1-8,14H,9H2,(H,18,20)(H,19,21)/t14-/m0/s1. The molecule has 0 saturated carbocycles. The highest BCUT2D eigenvalue weighted by atomic mass is 35.5. The number of rotatable bonds is 2. The Kier molecular flexibility index (Phi) is 3.98. The van der Waals surface area contributed by atoms with Gasteiger partial charge in [-0.25, -0.2) is 0 Å². The van der Waals surface area contributed by atoms with Crippen molar-refractivity contribution in [2.75, 3.05) is 0 Å². The molecule has 0 fully saturated rings. The molecular formula is C16H13ClN2O3. The molecule has 1 heterocycles. The van der Waals surface area contributed by atoms with Gasteiger partial charge in [0.15, 0.2) is 6.10 Å². The first kappa shape index (κ1) is 14.4. The largest absolute Gasteiger partial charge is 0.480 e. The normalized spacial score (nSPS) is 15.6. The summed E-state index contributed by atoms with van der Waals surface area (Å²) in [6.07, 6.45) is -0.160. The van der Waals surface area contributed by atoms with Crippen LogP contribution in [0.15, 0.2) is 48.5 Å². The molecule has 2 aromatic rings. The lowest BCUT2D eigenvalue weighted by Gasteiger charge is -2.12. The lowest BCUT2D eigenvalue weighted by molar-refractivity contribution is -0.128. The van der Waals surface area contributed by atoms with E-state index in [2.05, 4.69) is 10.9 Å². The molecule has 6 heteroatoms. The second-order valence-corrected chi connectivity index (χ2v) is 5.31. The average molecular weight is 317 g/mol. The third-order valence-corrected chi connectivity index (χ3v) is 3.56. The molecule has 2 aromatic carbocycles. The van der Waals surface area contributed by atoms with Gasteiger partial charge < -0.3 is 4.74 Å². The van der Waals surface area contributed by atoms with Crippen LogP contribution in [0.1, 0.15) is 15.9 Å². The van der Waals surface area contributed by atoms with E-state index in [1.165, 1.54) is 6.07 Å². The molecule has 1 aliphatic rings. The van der Waals surface area contributed by atoms with Crippen LogP contribution in [0.4, 0.5) is 0 Å². The van der Waals surface area contributed by atoms with Crippen LogP contribution in [0.3, 0.4) is 0 Å². The number of fused-ring (bicyclic) bond motifs is 1. The van der Waals surface area contributed by atoms with E-state index in [-0.39, 0.29) is 0 Å². The van der Waals surface area contributed by atoms with Gasteiger partial charge in [0.25, 0.3) is 11.8 Å².